The summed E-state index contributed by atoms with van der Waals surface area (Å²) in [5.41, 5.74) is 3.71. The highest BCUT2D eigenvalue weighted by Crippen LogP contribution is 2.61. The highest BCUT2D eigenvalue weighted by atomic mass is 32.1. The molecule has 4 aliphatic rings. The first kappa shape index (κ1) is 28.9. The number of hydrogen-bond acceptors (Lipinski definition) is 5. The zero-order valence-corrected chi connectivity index (χ0v) is 25.5. The van der Waals surface area contributed by atoms with Crippen LogP contribution in [-0.2, 0) is 17.6 Å². The van der Waals surface area contributed by atoms with E-state index in [0.717, 1.165) is 49.7 Å². The molecule has 1 aliphatic heterocycles. The zero-order valence-electron chi connectivity index (χ0n) is 24.7. The molecule has 1 amide bonds. The predicted molar refractivity (Wildman–Crippen MR) is 167 cm³/mol. The summed E-state index contributed by atoms with van der Waals surface area (Å²) in [5.74, 6) is 0.0647. The third-order valence-corrected chi connectivity index (χ3v) is 11.1. The van der Waals surface area contributed by atoms with E-state index in [9.17, 15) is 14.7 Å². The summed E-state index contributed by atoms with van der Waals surface area (Å²) in [6, 6.07) is 19.9. The lowest BCUT2D eigenvalue weighted by Gasteiger charge is -2.43. The minimum atomic E-state index is -0.606. The number of aliphatic hydroxyl groups is 1. The molecule has 3 aromatic rings. The van der Waals surface area contributed by atoms with Crippen LogP contribution in [0.2, 0.25) is 0 Å². The maximum Gasteiger partial charge on any atom is 0.410 e. The molecule has 2 bridgehead atoms. The average Bonchev–Trinajstić information content (AvgIpc) is 3.69. The second-order valence-electron chi connectivity index (χ2n) is 12.7. The van der Waals surface area contributed by atoms with Crippen molar-refractivity contribution in [2.45, 2.75) is 82.8 Å². The van der Waals surface area contributed by atoms with Crippen molar-refractivity contribution in [1.82, 2.24) is 4.90 Å². The molecule has 4 atom stereocenters. The van der Waals surface area contributed by atoms with E-state index < -0.39 is 11.7 Å². The van der Waals surface area contributed by atoms with Gasteiger partial charge in [-0.2, -0.15) is 0 Å². The van der Waals surface area contributed by atoms with Crippen LogP contribution in [0.15, 0.2) is 77.7 Å². The molecule has 7 rings (SSSR count). The van der Waals surface area contributed by atoms with Crippen molar-refractivity contribution >= 4 is 23.2 Å². The number of allylic oxidation sites excluding steroid dienone is 2. The summed E-state index contributed by atoms with van der Waals surface area (Å²) in [6.45, 7) is 5.67. The Morgan fingerprint density at radius 3 is 2.71 bits per heavy atom. The summed E-state index contributed by atoms with van der Waals surface area (Å²) < 4.78 is 6.45. The number of carbonyl (C=O) groups excluding carboxylic acids is 2. The number of thiophene rings is 1. The van der Waals surface area contributed by atoms with E-state index in [4.69, 9.17) is 4.74 Å². The second kappa shape index (κ2) is 11.8. The quantitative estimate of drug-likeness (QED) is 0.247. The lowest BCUT2D eigenvalue weighted by Crippen LogP contribution is -2.48. The number of rotatable bonds is 5. The molecule has 3 aliphatic carbocycles. The Balaban J connectivity index is 1.40. The maximum atomic E-state index is 14.1. The summed E-state index contributed by atoms with van der Waals surface area (Å²) in [7, 11) is 0. The molecule has 2 heterocycles. The molecule has 0 radical (unpaired) electrons. The summed E-state index contributed by atoms with van der Waals surface area (Å²) in [5, 5.41) is 12.9. The Morgan fingerprint density at radius 1 is 1.10 bits per heavy atom. The van der Waals surface area contributed by atoms with Gasteiger partial charge >= 0.3 is 6.09 Å². The number of hydrogen-bond donors (Lipinski definition) is 1. The second-order valence-corrected chi connectivity index (χ2v) is 13.8. The van der Waals surface area contributed by atoms with Crippen LogP contribution in [0.3, 0.4) is 0 Å². The fourth-order valence-corrected chi connectivity index (χ4v) is 8.30. The minimum absolute atomic E-state index is 0.00839. The number of nitrogens with zero attached hydrogens (tertiary/aromatic N) is 1. The first-order valence-corrected chi connectivity index (χ1v) is 16.2. The Kier molecular flexibility index (Phi) is 8.12. The van der Waals surface area contributed by atoms with E-state index >= 15 is 0 Å². The van der Waals surface area contributed by atoms with Crippen molar-refractivity contribution in [1.29, 1.82) is 0 Å². The van der Waals surface area contributed by atoms with Gasteiger partial charge in [-0.1, -0.05) is 67.1 Å². The van der Waals surface area contributed by atoms with Crippen LogP contribution in [0.25, 0.3) is 0 Å². The highest BCUT2D eigenvalue weighted by Gasteiger charge is 2.63. The van der Waals surface area contributed by atoms with Gasteiger partial charge in [-0.3, -0.25) is 4.79 Å². The van der Waals surface area contributed by atoms with Gasteiger partial charge in [-0.05, 0) is 92.8 Å². The monoisotopic (exact) mass is 583 g/mol. The number of carbonyl (C=O) groups is 2. The Labute approximate surface area is 253 Å². The van der Waals surface area contributed by atoms with Crippen molar-refractivity contribution in [3.8, 4) is 0 Å². The molecule has 1 aromatic heterocycles. The smallest absolute Gasteiger partial charge is 0.410 e. The summed E-state index contributed by atoms with van der Waals surface area (Å²) >= 11 is 1.72. The molecule has 2 fully saturated rings. The van der Waals surface area contributed by atoms with Crippen LogP contribution in [0.1, 0.15) is 90.2 Å². The molecule has 1 saturated carbocycles. The van der Waals surface area contributed by atoms with Crippen molar-refractivity contribution in [2.75, 3.05) is 13.1 Å². The van der Waals surface area contributed by atoms with E-state index in [1.165, 1.54) is 10.5 Å². The van der Waals surface area contributed by atoms with Gasteiger partial charge in [-0.25, -0.2) is 4.79 Å². The van der Waals surface area contributed by atoms with Gasteiger partial charge in [0, 0.05) is 28.0 Å². The van der Waals surface area contributed by atoms with Gasteiger partial charge in [-0.15, -0.1) is 11.3 Å². The first-order chi connectivity index (χ1) is 20.3. The normalized spacial score (nSPS) is 27.9. The molecule has 1 N–H and O–H groups in total. The molecule has 5 nitrogen and oxygen atoms in total. The number of ketones is 1. The number of ether oxygens (including phenoxy) is 1. The lowest BCUT2D eigenvalue weighted by molar-refractivity contribution is -0.0372. The molecular weight excluding hydrogens is 542 g/mol. The van der Waals surface area contributed by atoms with Crippen LogP contribution in [0.4, 0.5) is 4.79 Å². The molecule has 6 heteroatoms. The minimum Gasteiger partial charge on any atom is -0.440 e. The fourth-order valence-electron chi connectivity index (χ4n) is 7.60. The van der Waals surface area contributed by atoms with Crippen LogP contribution in [0, 0.1) is 5.41 Å². The molecular formula is C36H41NO4S. The molecule has 1 spiro atoms. The summed E-state index contributed by atoms with van der Waals surface area (Å²) in [6.07, 6.45) is 7.84. The zero-order chi connectivity index (χ0) is 29.3. The van der Waals surface area contributed by atoms with E-state index in [-0.39, 0.29) is 23.2 Å². The SMILES string of the molecule is CC1=CCC[C@@]2(C)[C@@H](CC[C@@]23CN(CCc2cccs2)C(=O)O3)c2ccc(cc2C(=O)c2ccccc2)C[C@@H](O)CC1. The molecule has 0 unspecified atom stereocenters. The van der Waals surface area contributed by atoms with Crippen LogP contribution in [-0.4, -0.2) is 46.7 Å². The van der Waals surface area contributed by atoms with Crippen LogP contribution < -0.4 is 0 Å². The third kappa shape index (κ3) is 5.47. The van der Waals surface area contributed by atoms with Crippen molar-refractivity contribution in [3.05, 3.63) is 105 Å². The molecule has 42 heavy (non-hydrogen) atoms. The van der Waals surface area contributed by atoms with E-state index in [1.807, 2.05) is 41.3 Å². The molecule has 1 saturated heterocycles. The summed E-state index contributed by atoms with van der Waals surface area (Å²) in [4.78, 5) is 30.6. The van der Waals surface area contributed by atoms with Gasteiger partial charge in [0.25, 0.3) is 0 Å². The molecule has 2 aromatic carbocycles. The first-order valence-electron chi connectivity index (χ1n) is 15.3. The van der Waals surface area contributed by atoms with Gasteiger partial charge in [0.2, 0.25) is 0 Å². The number of amides is 1. The van der Waals surface area contributed by atoms with E-state index in [0.29, 0.717) is 37.1 Å². The highest BCUT2D eigenvalue weighted by molar-refractivity contribution is 7.09. The van der Waals surface area contributed by atoms with Gasteiger partial charge in [0.1, 0.15) is 5.60 Å². The molecule has 220 valence electrons. The van der Waals surface area contributed by atoms with Crippen molar-refractivity contribution in [3.63, 3.8) is 0 Å². The van der Waals surface area contributed by atoms with Gasteiger partial charge in [0.05, 0.1) is 12.6 Å². The van der Waals surface area contributed by atoms with Crippen LogP contribution in [0.5, 0.6) is 0 Å². The fraction of sp³-hybridized carbons (Fsp3) is 0.444. The Bertz CT molecular complexity index is 1460. The van der Waals surface area contributed by atoms with Crippen molar-refractivity contribution < 1.29 is 19.4 Å². The number of aliphatic hydroxyl groups excluding tert-OH is 1. The predicted octanol–water partition coefficient (Wildman–Crippen LogP) is 7.72. The Morgan fingerprint density at radius 2 is 1.93 bits per heavy atom. The number of fused-ring (bicyclic) bond motifs is 8. The van der Waals surface area contributed by atoms with E-state index in [1.54, 1.807) is 11.3 Å². The van der Waals surface area contributed by atoms with Gasteiger partial charge < -0.3 is 14.7 Å². The third-order valence-electron chi connectivity index (χ3n) is 10.1. The van der Waals surface area contributed by atoms with Crippen molar-refractivity contribution in [2.24, 2.45) is 5.41 Å². The topological polar surface area (TPSA) is 66.8 Å². The van der Waals surface area contributed by atoms with Gasteiger partial charge in [0.15, 0.2) is 5.78 Å². The number of benzene rings is 2. The Hall–Kier alpha value is -3.22. The lowest BCUT2D eigenvalue weighted by atomic mass is 9.64. The van der Waals surface area contributed by atoms with E-state index in [2.05, 4.69) is 49.6 Å². The maximum absolute atomic E-state index is 14.1. The van der Waals surface area contributed by atoms with Crippen LogP contribution >= 0.6 is 11.3 Å². The average molecular weight is 584 g/mol. The standard InChI is InChI=1S/C36H41NO4S/c1-25-8-6-18-35(2)32(16-19-36(35)24-37(34(40)41-36)20-17-29-11-7-21-42-29)30-15-13-26(22-28(38)14-12-25)23-31(30)33(39)27-9-4-3-5-10-27/h3-5,7-11,13,15,21,23,28,32,38H,6,12,14,16-20,22,24H2,1-2H3/t28-,32-,35-,36+/m0/s1. The largest absolute Gasteiger partial charge is 0.440 e.